The van der Waals surface area contributed by atoms with Gasteiger partial charge in [0.25, 0.3) is 0 Å². The molecule has 2 nitrogen and oxygen atoms in total. The highest BCUT2D eigenvalue weighted by Crippen LogP contribution is 2.12. The van der Waals surface area contributed by atoms with Gasteiger partial charge in [-0.05, 0) is 17.5 Å². The fraction of sp³-hybridized carbons (Fsp3) is 0.364. The molecule has 13 heavy (non-hydrogen) atoms. The van der Waals surface area contributed by atoms with Crippen molar-refractivity contribution in [2.24, 2.45) is 11.7 Å². The lowest BCUT2D eigenvalue weighted by atomic mass is 9.98. The first-order chi connectivity index (χ1) is 6.27. The Hall–Kier alpha value is -1.15. The molecule has 1 rings (SSSR count). The third-order valence-corrected chi connectivity index (χ3v) is 2.11. The molecule has 0 aliphatic rings. The first-order valence-electron chi connectivity index (χ1n) is 4.50. The topological polar surface area (TPSA) is 43.1 Å². The van der Waals surface area contributed by atoms with Crippen LogP contribution in [-0.4, -0.2) is 6.29 Å². The third-order valence-electron chi connectivity index (χ3n) is 2.11. The summed E-state index contributed by atoms with van der Waals surface area (Å²) in [6.07, 6.45) is 1.77. The van der Waals surface area contributed by atoms with Gasteiger partial charge in [0.2, 0.25) is 0 Å². The van der Waals surface area contributed by atoms with Crippen LogP contribution >= 0.6 is 0 Å². The molecule has 0 aliphatic carbocycles. The zero-order valence-corrected chi connectivity index (χ0v) is 7.86. The van der Waals surface area contributed by atoms with Crippen LogP contribution in [0.3, 0.4) is 0 Å². The van der Waals surface area contributed by atoms with Crippen molar-refractivity contribution in [3.8, 4) is 0 Å². The molecule has 1 unspecified atom stereocenters. The van der Waals surface area contributed by atoms with Gasteiger partial charge in [-0.25, -0.2) is 0 Å². The molecule has 0 radical (unpaired) electrons. The summed E-state index contributed by atoms with van der Waals surface area (Å²) in [6.45, 7) is 2.46. The molecular weight excluding hydrogens is 162 g/mol. The maximum Gasteiger partial charge on any atom is 0.123 e. The molecule has 0 aromatic heterocycles. The van der Waals surface area contributed by atoms with Crippen LogP contribution in [0, 0.1) is 5.92 Å². The Labute approximate surface area is 78.8 Å². The zero-order valence-electron chi connectivity index (χ0n) is 7.86. The monoisotopic (exact) mass is 177 g/mol. The molecule has 0 saturated carbocycles. The van der Waals surface area contributed by atoms with Crippen LogP contribution in [0.5, 0.6) is 0 Å². The Morgan fingerprint density at radius 1 is 1.38 bits per heavy atom. The third kappa shape index (κ3) is 2.67. The van der Waals surface area contributed by atoms with Gasteiger partial charge < -0.3 is 10.5 Å². The fourth-order valence-electron chi connectivity index (χ4n) is 1.35. The zero-order chi connectivity index (χ0) is 9.68. The van der Waals surface area contributed by atoms with E-state index in [1.165, 1.54) is 5.56 Å². The highest BCUT2D eigenvalue weighted by molar-refractivity contribution is 5.53. The molecule has 0 aliphatic heterocycles. The molecule has 1 aromatic carbocycles. The Balaban J connectivity index is 2.80. The van der Waals surface area contributed by atoms with Crippen LogP contribution in [0.25, 0.3) is 0 Å². The van der Waals surface area contributed by atoms with Crippen LogP contribution in [0.2, 0.25) is 0 Å². The largest absolute Gasteiger partial charge is 0.326 e. The SMILES string of the molecule is CC(C=O)Cc1ccccc1CN. The molecule has 0 bridgehead atoms. The molecule has 1 atom stereocenters. The van der Waals surface area contributed by atoms with Crippen LogP contribution in [-0.2, 0) is 17.8 Å². The van der Waals surface area contributed by atoms with Gasteiger partial charge in [0.15, 0.2) is 0 Å². The van der Waals surface area contributed by atoms with Gasteiger partial charge in [-0.2, -0.15) is 0 Å². The fourth-order valence-corrected chi connectivity index (χ4v) is 1.35. The summed E-state index contributed by atoms with van der Waals surface area (Å²) in [5, 5.41) is 0. The molecule has 0 fully saturated rings. The minimum absolute atomic E-state index is 0.0766. The van der Waals surface area contributed by atoms with Crippen LogP contribution in [0.1, 0.15) is 18.1 Å². The molecule has 0 saturated heterocycles. The number of hydrogen-bond donors (Lipinski definition) is 1. The number of carbonyl (C=O) groups is 1. The van der Waals surface area contributed by atoms with E-state index >= 15 is 0 Å². The molecule has 0 heterocycles. The smallest absolute Gasteiger partial charge is 0.123 e. The van der Waals surface area contributed by atoms with E-state index in [4.69, 9.17) is 5.73 Å². The number of carbonyl (C=O) groups excluding carboxylic acids is 1. The lowest BCUT2D eigenvalue weighted by molar-refractivity contribution is -0.110. The number of nitrogens with two attached hydrogens (primary N) is 1. The van der Waals surface area contributed by atoms with E-state index in [1.54, 1.807) is 0 Å². The molecule has 1 aromatic rings. The Morgan fingerprint density at radius 2 is 2.00 bits per heavy atom. The van der Waals surface area contributed by atoms with E-state index in [1.807, 2.05) is 31.2 Å². The summed E-state index contributed by atoms with van der Waals surface area (Å²) >= 11 is 0. The molecule has 2 heteroatoms. The summed E-state index contributed by atoms with van der Waals surface area (Å²) in [7, 11) is 0. The van der Waals surface area contributed by atoms with Crippen LogP contribution in [0.15, 0.2) is 24.3 Å². The molecule has 0 spiro atoms. The second-order valence-electron chi connectivity index (χ2n) is 3.29. The Bertz CT molecular complexity index is 283. The van der Waals surface area contributed by atoms with Crippen molar-refractivity contribution >= 4 is 6.29 Å². The molecular formula is C11H15NO. The van der Waals surface area contributed by atoms with Gasteiger partial charge >= 0.3 is 0 Å². The van der Waals surface area contributed by atoms with Crippen molar-refractivity contribution in [3.63, 3.8) is 0 Å². The minimum Gasteiger partial charge on any atom is -0.326 e. The first kappa shape index (κ1) is 9.93. The van der Waals surface area contributed by atoms with Gasteiger partial charge in [-0.15, -0.1) is 0 Å². The second-order valence-corrected chi connectivity index (χ2v) is 3.29. The predicted octanol–water partition coefficient (Wildman–Crippen LogP) is 1.52. The average molecular weight is 177 g/mol. The van der Waals surface area contributed by atoms with Crippen molar-refractivity contribution < 1.29 is 4.79 Å². The van der Waals surface area contributed by atoms with E-state index < -0.39 is 0 Å². The van der Waals surface area contributed by atoms with E-state index in [9.17, 15) is 4.79 Å². The summed E-state index contributed by atoms with van der Waals surface area (Å²) in [4.78, 5) is 10.5. The summed E-state index contributed by atoms with van der Waals surface area (Å²) < 4.78 is 0. The van der Waals surface area contributed by atoms with Crippen LogP contribution in [0.4, 0.5) is 0 Å². The maximum atomic E-state index is 10.5. The lowest BCUT2D eigenvalue weighted by Crippen LogP contribution is -2.06. The van der Waals surface area contributed by atoms with Crippen LogP contribution < -0.4 is 5.73 Å². The summed E-state index contributed by atoms with van der Waals surface area (Å²) in [6, 6.07) is 7.98. The maximum absolute atomic E-state index is 10.5. The number of hydrogen-bond acceptors (Lipinski definition) is 2. The van der Waals surface area contributed by atoms with Crippen molar-refractivity contribution in [3.05, 3.63) is 35.4 Å². The minimum atomic E-state index is 0.0766. The standard InChI is InChI=1S/C11H15NO/c1-9(8-13)6-10-4-2-3-5-11(10)7-12/h2-5,8-9H,6-7,12H2,1H3. The summed E-state index contributed by atoms with van der Waals surface area (Å²) in [5.41, 5.74) is 7.90. The van der Waals surface area contributed by atoms with Crippen molar-refractivity contribution in [2.75, 3.05) is 0 Å². The number of aldehydes is 1. The van der Waals surface area contributed by atoms with Gasteiger partial charge in [0.05, 0.1) is 0 Å². The van der Waals surface area contributed by atoms with Crippen molar-refractivity contribution in [1.29, 1.82) is 0 Å². The normalized spacial score (nSPS) is 12.5. The van der Waals surface area contributed by atoms with Gasteiger partial charge in [0.1, 0.15) is 6.29 Å². The summed E-state index contributed by atoms with van der Waals surface area (Å²) in [5.74, 6) is 0.0766. The molecule has 2 N–H and O–H groups in total. The predicted molar refractivity (Wildman–Crippen MR) is 53.3 cm³/mol. The highest BCUT2D eigenvalue weighted by Gasteiger charge is 2.04. The van der Waals surface area contributed by atoms with Gasteiger partial charge in [-0.3, -0.25) is 0 Å². The van der Waals surface area contributed by atoms with Crippen molar-refractivity contribution in [2.45, 2.75) is 19.9 Å². The highest BCUT2D eigenvalue weighted by atomic mass is 16.1. The van der Waals surface area contributed by atoms with E-state index in [0.29, 0.717) is 6.54 Å². The van der Waals surface area contributed by atoms with E-state index in [0.717, 1.165) is 18.3 Å². The average Bonchev–Trinajstić information content (AvgIpc) is 2.18. The van der Waals surface area contributed by atoms with E-state index in [2.05, 4.69) is 0 Å². The molecule has 0 amide bonds. The van der Waals surface area contributed by atoms with Gasteiger partial charge in [-0.1, -0.05) is 31.2 Å². The Morgan fingerprint density at radius 3 is 2.54 bits per heavy atom. The number of rotatable bonds is 4. The lowest BCUT2D eigenvalue weighted by Gasteiger charge is -2.08. The number of benzene rings is 1. The van der Waals surface area contributed by atoms with E-state index in [-0.39, 0.29) is 5.92 Å². The van der Waals surface area contributed by atoms with Gasteiger partial charge in [0, 0.05) is 12.5 Å². The van der Waals surface area contributed by atoms with Crippen molar-refractivity contribution in [1.82, 2.24) is 0 Å². The first-order valence-corrected chi connectivity index (χ1v) is 4.50. The molecule has 70 valence electrons. The Kier molecular flexibility index (Phi) is 3.65. The second kappa shape index (κ2) is 4.77. The quantitative estimate of drug-likeness (QED) is 0.709.